The quantitative estimate of drug-likeness (QED) is 0.724. The summed E-state index contributed by atoms with van der Waals surface area (Å²) in [6, 6.07) is 5.13. The molecule has 90 valence electrons. The molecule has 0 atom stereocenters. The van der Waals surface area contributed by atoms with Gasteiger partial charge < -0.3 is 4.52 Å². The molecule has 0 saturated heterocycles. The maximum Gasteiger partial charge on any atom is 0.530 e. The minimum atomic E-state index is -3.58. The zero-order valence-electron chi connectivity index (χ0n) is 9.18. The lowest BCUT2D eigenvalue weighted by Crippen LogP contribution is -2.02. The first-order valence-corrected chi connectivity index (χ1v) is 6.40. The minimum Gasteiger partial charge on any atom is -0.404 e. The Hall–Kier alpha value is -0.900. The van der Waals surface area contributed by atoms with Gasteiger partial charge in [-0.3, -0.25) is 9.05 Å². The standard InChI is InChI=1S/C10H14FO4P/c1-3-13-16(12,14-4-2)15-10-7-5-9(11)6-8-10/h5-8H,3-4H2,1-2H3. The fourth-order valence-electron chi connectivity index (χ4n) is 1.03. The largest absolute Gasteiger partial charge is 0.530 e. The van der Waals surface area contributed by atoms with Crippen LogP contribution in [0.1, 0.15) is 13.8 Å². The van der Waals surface area contributed by atoms with Crippen molar-refractivity contribution in [3.63, 3.8) is 0 Å². The summed E-state index contributed by atoms with van der Waals surface area (Å²) in [6.45, 7) is 3.77. The van der Waals surface area contributed by atoms with Crippen molar-refractivity contribution in [2.75, 3.05) is 13.2 Å². The van der Waals surface area contributed by atoms with Crippen molar-refractivity contribution in [3.8, 4) is 5.75 Å². The van der Waals surface area contributed by atoms with Crippen LogP contribution in [0.4, 0.5) is 4.39 Å². The van der Waals surface area contributed by atoms with Crippen molar-refractivity contribution in [2.45, 2.75) is 13.8 Å². The third kappa shape index (κ3) is 3.93. The van der Waals surface area contributed by atoms with E-state index in [0.29, 0.717) is 0 Å². The molecule has 0 spiro atoms. The third-order valence-corrected chi connectivity index (χ3v) is 3.19. The first kappa shape index (κ1) is 13.2. The van der Waals surface area contributed by atoms with Crippen molar-refractivity contribution in [1.29, 1.82) is 0 Å². The summed E-state index contributed by atoms with van der Waals surface area (Å²) in [7, 11) is -3.58. The molecule has 0 radical (unpaired) electrons. The lowest BCUT2D eigenvalue weighted by Gasteiger charge is -2.16. The van der Waals surface area contributed by atoms with Gasteiger partial charge in [-0.15, -0.1) is 0 Å². The van der Waals surface area contributed by atoms with Gasteiger partial charge in [0, 0.05) is 0 Å². The van der Waals surface area contributed by atoms with Gasteiger partial charge in [0.25, 0.3) is 0 Å². The maximum atomic E-state index is 12.6. The summed E-state index contributed by atoms with van der Waals surface area (Å²) in [5.74, 6) is -0.151. The zero-order valence-corrected chi connectivity index (χ0v) is 10.1. The number of benzene rings is 1. The normalized spacial score (nSPS) is 11.4. The van der Waals surface area contributed by atoms with Crippen molar-refractivity contribution in [2.24, 2.45) is 0 Å². The minimum absolute atomic E-state index is 0.207. The van der Waals surface area contributed by atoms with Crippen LogP contribution < -0.4 is 4.52 Å². The van der Waals surface area contributed by atoms with Gasteiger partial charge in [-0.05, 0) is 38.1 Å². The van der Waals surface area contributed by atoms with E-state index in [1.807, 2.05) is 0 Å². The summed E-state index contributed by atoms with van der Waals surface area (Å²) in [6.07, 6.45) is 0. The van der Waals surface area contributed by atoms with Crippen LogP contribution in [-0.4, -0.2) is 13.2 Å². The van der Waals surface area contributed by atoms with E-state index in [4.69, 9.17) is 13.6 Å². The predicted octanol–water partition coefficient (Wildman–Crippen LogP) is 3.39. The SMILES string of the molecule is CCOP(=O)(OCC)Oc1ccc(F)cc1. The van der Waals surface area contributed by atoms with Gasteiger partial charge in [-0.1, -0.05) is 0 Å². The molecule has 0 fully saturated rings. The number of hydrogen-bond donors (Lipinski definition) is 0. The van der Waals surface area contributed by atoms with Gasteiger partial charge in [0.2, 0.25) is 0 Å². The molecule has 0 aliphatic rings. The Bertz CT molecular complexity index is 356. The molecule has 0 aromatic heterocycles. The van der Waals surface area contributed by atoms with Gasteiger partial charge in [-0.2, -0.15) is 0 Å². The fraction of sp³-hybridized carbons (Fsp3) is 0.400. The molecular formula is C10H14FO4P. The smallest absolute Gasteiger partial charge is 0.404 e. The highest BCUT2D eigenvalue weighted by atomic mass is 31.2. The molecule has 4 nitrogen and oxygen atoms in total. The Morgan fingerprint density at radius 2 is 1.62 bits per heavy atom. The second-order valence-electron chi connectivity index (χ2n) is 2.83. The molecule has 0 unspecified atom stereocenters. The van der Waals surface area contributed by atoms with Crippen molar-refractivity contribution < 1.29 is 22.5 Å². The van der Waals surface area contributed by atoms with Gasteiger partial charge in [0.1, 0.15) is 11.6 Å². The average Bonchev–Trinajstić information content (AvgIpc) is 2.22. The molecule has 0 bridgehead atoms. The van der Waals surface area contributed by atoms with E-state index in [9.17, 15) is 8.96 Å². The Kier molecular flexibility index (Phi) is 4.93. The van der Waals surface area contributed by atoms with Crippen LogP contribution in [0.5, 0.6) is 5.75 Å². The fourth-order valence-corrected chi connectivity index (χ4v) is 2.22. The Balaban J connectivity index is 2.75. The van der Waals surface area contributed by atoms with E-state index in [0.717, 1.165) is 0 Å². The summed E-state index contributed by atoms with van der Waals surface area (Å²) in [4.78, 5) is 0. The highest BCUT2D eigenvalue weighted by Gasteiger charge is 2.27. The number of phosphoric ester groups is 1. The van der Waals surface area contributed by atoms with Crippen LogP contribution in [0, 0.1) is 5.82 Å². The molecule has 0 aliphatic carbocycles. The lowest BCUT2D eigenvalue weighted by atomic mass is 10.3. The summed E-state index contributed by atoms with van der Waals surface area (Å²) in [5.41, 5.74) is 0. The molecule has 0 saturated carbocycles. The van der Waals surface area contributed by atoms with E-state index in [-0.39, 0.29) is 19.0 Å². The second-order valence-corrected chi connectivity index (χ2v) is 4.42. The molecule has 16 heavy (non-hydrogen) atoms. The molecule has 0 heterocycles. The van der Waals surface area contributed by atoms with Gasteiger partial charge in [0.05, 0.1) is 13.2 Å². The van der Waals surface area contributed by atoms with Crippen molar-refractivity contribution >= 4 is 7.82 Å². The third-order valence-electron chi connectivity index (χ3n) is 1.61. The van der Waals surface area contributed by atoms with Crippen LogP contribution in [0.25, 0.3) is 0 Å². The number of halogens is 1. The van der Waals surface area contributed by atoms with E-state index in [2.05, 4.69) is 0 Å². The highest BCUT2D eigenvalue weighted by Crippen LogP contribution is 2.49. The Labute approximate surface area is 93.9 Å². The van der Waals surface area contributed by atoms with E-state index >= 15 is 0 Å². The molecule has 1 rings (SSSR count). The monoisotopic (exact) mass is 248 g/mol. The number of hydrogen-bond acceptors (Lipinski definition) is 4. The van der Waals surface area contributed by atoms with E-state index < -0.39 is 13.6 Å². The molecule has 6 heteroatoms. The first-order valence-electron chi connectivity index (χ1n) is 4.94. The first-order chi connectivity index (χ1) is 7.59. The molecular weight excluding hydrogens is 234 g/mol. The van der Waals surface area contributed by atoms with Gasteiger partial charge >= 0.3 is 7.82 Å². The second kappa shape index (κ2) is 5.99. The van der Waals surface area contributed by atoms with Crippen LogP contribution in [-0.2, 0) is 13.6 Å². The van der Waals surface area contributed by atoms with Crippen molar-refractivity contribution in [3.05, 3.63) is 30.1 Å². The lowest BCUT2D eigenvalue weighted by molar-refractivity contribution is 0.167. The number of phosphoric acid groups is 1. The molecule has 1 aromatic rings. The van der Waals surface area contributed by atoms with E-state index in [1.165, 1.54) is 24.3 Å². The van der Waals surface area contributed by atoms with Crippen LogP contribution >= 0.6 is 7.82 Å². The van der Waals surface area contributed by atoms with Crippen LogP contribution in [0.3, 0.4) is 0 Å². The number of rotatable bonds is 6. The summed E-state index contributed by atoms with van der Waals surface area (Å²) in [5, 5.41) is 0. The Morgan fingerprint density at radius 1 is 1.12 bits per heavy atom. The molecule has 0 N–H and O–H groups in total. The summed E-state index contributed by atoms with van der Waals surface area (Å²) < 4.78 is 39.5. The van der Waals surface area contributed by atoms with Gasteiger partial charge in [-0.25, -0.2) is 8.96 Å². The average molecular weight is 248 g/mol. The van der Waals surface area contributed by atoms with Crippen molar-refractivity contribution in [1.82, 2.24) is 0 Å². The molecule has 0 amide bonds. The summed E-state index contributed by atoms with van der Waals surface area (Å²) >= 11 is 0. The zero-order chi connectivity index (χ0) is 12.0. The molecule has 0 aliphatic heterocycles. The topological polar surface area (TPSA) is 44.8 Å². The maximum absolute atomic E-state index is 12.6. The van der Waals surface area contributed by atoms with Gasteiger partial charge in [0.15, 0.2) is 0 Å². The van der Waals surface area contributed by atoms with E-state index in [1.54, 1.807) is 13.8 Å². The van der Waals surface area contributed by atoms with Crippen LogP contribution in [0.15, 0.2) is 24.3 Å². The Morgan fingerprint density at radius 3 is 2.06 bits per heavy atom. The predicted molar refractivity (Wildman–Crippen MR) is 57.9 cm³/mol. The van der Waals surface area contributed by atoms with Crippen LogP contribution in [0.2, 0.25) is 0 Å². The molecule has 1 aromatic carbocycles. The highest BCUT2D eigenvalue weighted by molar-refractivity contribution is 7.48.